The van der Waals surface area contributed by atoms with E-state index in [1.165, 1.54) is 0 Å². The number of carbonyl (C=O) groups is 1. The second-order valence-corrected chi connectivity index (χ2v) is 7.68. The number of fused-ring (bicyclic) bond motifs is 2. The summed E-state index contributed by atoms with van der Waals surface area (Å²) in [6.07, 6.45) is 0. The summed E-state index contributed by atoms with van der Waals surface area (Å²) in [5, 5.41) is 19.7. The number of amides is 1. The first-order chi connectivity index (χ1) is 16.0. The third-order valence-electron chi connectivity index (χ3n) is 5.46. The summed E-state index contributed by atoms with van der Waals surface area (Å²) in [7, 11) is 1.55. The predicted molar refractivity (Wildman–Crippen MR) is 127 cm³/mol. The lowest BCUT2D eigenvalue weighted by Gasteiger charge is -2.08. The van der Waals surface area contributed by atoms with Crippen LogP contribution in [0.25, 0.3) is 33.1 Å². The molecule has 5 aromatic rings. The smallest absolute Gasteiger partial charge is 0.296 e. The summed E-state index contributed by atoms with van der Waals surface area (Å²) in [5.74, 6) is -0.0931. The van der Waals surface area contributed by atoms with Crippen molar-refractivity contribution in [3.63, 3.8) is 0 Å². The van der Waals surface area contributed by atoms with Crippen molar-refractivity contribution < 1.29 is 14.6 Å². The van der Waals surface area contributed by atoms with Gasteiger partial charge in [0.2, 0.25) is 5.88 Å². The number of H-pyrrole nitrogens is 1. The molecule has 0 radical (unpaired) electrons. The molecule has 0 fully saturated rings. The predicted octanol–water partition coefficient (Wildman–Crippen LogP) is 6.33. The topological polar surface area (TPSA) is 99.9 Å². The lowest BCUT2D eigenvalue weighted by atomic mass is 10.0. The van der Waals surface area contributed by atoms with Crippen molar-refractivity contribution in [3.8, 4) is 22.9 Å². The van der Waals surface area contributed by atoms with Crippen LogP contribution in [-0.2, 0) is 0 Å². The molecule has 0 bridgehead atoms. The average Bonchev–Trinajstić information content (AvgIpc) is 3.16. The van der Waals surface area contributed by atoms with Gasteiger partial charge in [0.1, 0.15) is 5.75 Å². The monoisotopic (exact) mass is 436 g/mol. The van der Waals surface area contributed by atoms with Gasteiger partial charge in [-0.2, -0.15) is 0 Å². The third kappa shape index (κ3) is 3.80. The highest BCUT2D eigenvalue weighted by Crippen LogP contribution is 2.37. The standard InChI is InChI=1S/C26H20N4O3/c1-15-8-10-21-18(12-15)19(14-23(27-21)16-6-4-3-5-7-16)25(31)30-29-24-20-13-17(33-2)9-11-22(20)28-26(24)32/h3-14,28,32H,1-2H3. The van der Waals surface area contributed by atoms with Crippen molar-refractivity contribution in [2.45, 2.75) is 6.92 Å². The van der Waals surface area contributed by atoms with E-state index in [1.54, 1.807) is 31.4 Å². The number of rotatable bonds is 4. The van der Waals surface area contributed by atoms with Gasteiger partial charge in [-0.05, 0) is 43.3 Å². The molecule has 33 heavy (non-hydrogen) atoms. The SMILES string of the molecule is COc1ccc2[nH]c(O)c(N=NC(=O)c3cc(-c4ccccc4)nc4ccc(C)cc34)c2c1. The van der Waals surface area contributed by atoms with Crippen molar-refractivity contribution in [1.29, 1.82) is 0 Å². The van der Waals surface area contributed by atoms with Crippen LogP contribution in [0.5, 0.6) is 11.6 Å². The normalized spacial score (nSPS) is 11.5. The number of nitrogens with zero attached hydrogens (tertiary/aromatic N) is 3. The minimum atomic E-state index is -0.526. The molecule has 3 aromatic carbocycles. The van der Waals surface area contributed by atoms with E-state index in [2.05, 4.69) is 15.2 Å². The van der Waals surface area contributed by atoms with Gasteiger partial charge in [0.05, 0.1) is 29.4 Å². The number of pyridine rings is 1. The Bertz CT molecular complexity index is 1540. The molecule has 0 aliphatic carbocycles. The maximum atomic E-state index is 13.2. The number of aromatic hydroxyl groups is 1. The zero-order valence-corrected chi connectivity index (χ0v) is 18.0. The number of aromatic nitrogens is 2. The number of nitrogens with one attached hydrogen (secondary N) is 1. The largest absolute Gasteiger partial charge is 0.497 e. The van der Waals surface area contributed by atoms with Crippen molar-refractivity contribution >= 4 is 33.4 Å². The van der Waals surface area contributed by atoms with Gasteiger partial charge >= 0.3 is 0 Å². The van der Waals surface area contributed by atoms with Crippen LogP contribution >= 0.6 is 0 Å². The molecule has 0 aliphatic heterocycles. The maximum absolute atomic E-state index is 13.2. The van der Waals surface area contributed by atoms with E-state index < -0.39 is 5.91 Å². The Morgan fingerprint density at radius 2 is 1.82 bits per heavy atom. The van der Waals surface area contributed by atoms with Gasteiger partial charge in [0.15, 0.2) is 5.69 Å². The third-order valence-corrected chi connectivity index (χ3v) is 5.46. The molecule has 0 saturated heterocycles. The second kappa shape index (κ2) is 8.20. The van der Waals surface area contributed by atoms with Crippen LogP contribution in [0.4, 0.5) is 5.69 Å². The number of hydrogen-bond acceptors (Lipinski definition) is 5. The summed E-state index contributed by atoms with van der Waals surface area (Å²) >= 11 is 0. The zero-order chi connectivity index (χ0) is 22.9. The van der Waals surface area contributed by atoms with Gasteiger partial charge in [-0.25, -0.2) is 4.98 Å². The Hall–Kier alpha value is -4.52. The van der Waals surface area contributed by atoms with E-state index in [0.717, 1.165) is 11.1 Å². The Balaban J connectivity index is 1.61. The molecule has 1 amide bonds. The first-order valence-corrected chi connectivity index (χ1v) is 10.3. The van der Waals surface area contributed by atoms with Gasteiger partial charge in [-0.1, -0.05) is 42.0 Å². The van der Waals surface area contributed by atoms with Crippen LogP contribution < -0.4 is 4.74 Å². The van der Waals surface area contributed by atoms with E-state index in [1.807, 2.05) is 55.5 Å². The molecular weight excluding hydrogens is 416 g/mol. The summed E-state index contributed by atoms with van der Waals surface area (Å²) < 4.78 is 5.25. The second-order valence-electron chi connectivity index (χ2n) is 7.68. The molecule has 2 aromatic heterocycles. The molecule has 0 atom stereocenters. The molecule has 0 spiro atoms. The number of carbonyl (C=O) groups excluding carboxylic acids is 1. The van der Waals surface area contributed by atoms with E-state index in [0.29, 0.717) is 38.8 Å². The van der Waals surface area contributed by atoms with E-state index in [9.17, 15) is 9.90 Å². The van der Waals surface area contributed by atoms with E-state index >= 15 is 0 Å². The first kappa shape index (κ1) is 20.4. The quantitative estimate of drug-likeness (QED) is 0.322. The fourth-order valence-electron chi connectivity index (χ4n) is 3.79. The fraction of sp³-hybridized carbons (Fsp3) is 0.0769. The molecule has 7 heteroatoms. The molecule has 0 aliphatic rings. The van der Waals surface area contributed by atoms with Crippen LogP contribution in [0.1, 0.15) is 15.9 Å². The molecule has 7 nitrogen and oxygen atoms in total. The van der Waals surface area contributed by atoms with Crippen LogP contribution in [0.2, 0.25) is 0 Å². The molecule has 0 unspecified atom stereocenters. The Morgan fingerprint density at radius 3 is 2.61 bits per heavy atom. The van der Waals surface area contributed by atoms with Gasteiger partial charge in [-0.3, -0.25) is 4.79 Å². The number of aryl methyl sites for hydroxylation is 1. The number of methoxy groups -OCH3 is 1. The fourth-order valence-corrected chi connectivity index (χ4v) is 3.79. The summed E-state index contributed by atoms with van der Waals surface area (Å²) in [5.41, 5.74) is 4.49. The van der Waals surface area contributed by atoms with Crippen molar-refractivity contribution in [2.75, 3.05) is 7.11 Å². The zero-order valence-electron chi connectivity index (χ0n) is 18.0. The average molecular weight is 436 g/mol. The van der Waals surface area contributed by atoms with Gasteiger partial charge in [0, 0.05) is 16.3 Å². The molecule has 2 N–H and O–H groups in total. The highest BCUT2D eigenvalue weighted by molar-refractivity contribution is 6.08. The number of aromatic amines is 1. The van der Waals surface area contributed by atoms with Gasteiger partial charge in [0.25, 0.3) is 5.91 Å². The number of azo groups is 1. The molecule has 0 saturated carbocycles. The molecular formula is C26H20N4O3. The van der Waals surface area contributed by atoms with E-state index in [-0.39, 0.29) is 11.6 Å². The number of hydrogen-bond donors (Lipinski definition) is 2. The van der Waals surface area contributed by atoms with Crippen LogP contribution in [0, 0.1) is 6.92 Å². The summed E-state index contributed by atoms with van der Waals surface area (Å²) in [6, 6.07) is 22.4. The molecule has 5 rings (SSSR count). The minimum absolute atomic E-state index is 0.171. The summed E-state index contributed by atoms with van der Waals surface area (Å²) in [4.78, 5) is 20.8. The van der Waals surface area contributed by atoms with E-state index in [4.69, 9.17) is 9.72 Å². The molecule has 2 heterocycles. The van der Waals surface area contributed by atoms with Crippen molar-refractivity contribution in [3.05, 3.63) is 83.9 Å². The highest BCUT2D eigenvalue weighted by Gasteiger charge is 2.16. The highest BCUT2D eigenvalue weighted by atomic mass is 16.5. The lowest BCUT2D eigenvalue weighted by molar-refractivity contribution is 0.0996. The summed E-state index contributed by atoms with van der Waals surface area (Å²) in [6.45, 7) is 1.96. The maximum Gasteiger partial charge on any atom is 0.296 e. The van der Waals surface area contributed by atoms with Crippen LogP contribution in [0.3, 0.4) is 0 Å². The van der Waals surface area contributed by atoms with Gasteiger partial charge < -0.3 is 14.8 Å². The lowest BCUT2D eigenvalue weighted by Crippen LogP contribution is -1.99. The van der Waals surface area contributed by atoms with Crippen molar-refractivity contribution in [1.82, 2.24) is 9.97 Å². The minimum Gasteiger partial charge on any atom is -0.497 e. The van der Waals surface area contributed by atoms with Crippen LogP contribution in [-0.4, -0.2) is 28.1 Å². The van der Waals surface area contributed by atoms with Crippen molar-refractivity contribution in [2.24, 2.45) is 10.2 Å². The van der Waals surface area contributed by atoms with Gasteiger partial charge in [-0.15, -0.1) is 10.2 Å². The first-order valence-electron chi connectivity index (χ1n) is 10.3. The Labute approximate surface area is 189 Å². The number of benzene rings is 3. The Morgan fingerprint density at radius 1 is 1.00 bits per heavy atom. The molecule has 162 valence electrons. The Kier molecular flexibility index (Phi) is 5.06. The number of ether oxygens (including phenoxy) is 1. The van der Waals surface area contributed by atoms with Crippen LogP contribution in [0.15, 0.2) is 83.0 Å².